The van der Waals surface area contributed by atoms with E-state index in [2.05, 4.69) is 24.8 Å². The van der Waals surface area contributed by atoms with Crippen molar-refractivity contribution >= 4 is 23.2 Å². The summed E-state index contributed by atoms with van der Waals surface area (Å²) in [5.41, 5.74) is 7.05. The summed E-state index contributed by atoms with van der Waals surface area (Å²) >= 11 is 0. The van der Waals surface area contributed by atoms with Crippen molar-refractivity contribution in [3.05, 3.63) is 88.0 Å². The average molecular weight is 657 g/mol. The van der Waals surface area contributed by atoms with Crippen LogP contribution in [0.25, 0.3) is 16.9 Å². The van der Waals surface area contributed by atoms with Gasteiger partial charge in [-0.05, 0) is 102 Å². The third-order valence-corrected chi connectivity index (χ3v) is 8.94. The fraction of sp³-hybridized carbons (Fsp3) is 0.475. The van der Waals surface area contributed by atoms with Gasteiger partial charge >= 0.3 is 5.97 Å². The second-order valence-electron chi connectivity index (χ2n) is 15.1. The quantitative estimate of drug-likeness (QED) is 0.214. The molecule has 0 unspecified atom stereocenters. The summed E-state index contributed by atoms with van der Waals surface area (Å²) in [5, 5.41) is 0. The van der Waals surface area contributed by atoms with E-state index in [0.29, 0.717) is 11.3 Å². The SMILES string of the molecule is Cc1nc(C)c([C@H](OC(C)(C)C)C(=O)OC(C)C)c(N2CCC(C)(C)CC2)c1-c1ccc2c(c1)C(OCc1ccc(F)cc1)=CC(=O)C2. The second-order valence-corrected chi connectivity index (χ2v) is 15.1. The highest BCUT2D eigenvalue weighted by Gasteiger charge is 2.38. The van der Waals surface area contributed by atoms with Crippen LogP contribution < -0.4 is 4.90 Å². The Bertz CT molecular complexity index is 1710. The Labute approximate surface area is 284 Å². The number of ether oxygens (including phenoxy) is 3. The van der Waals surface area contributed by atoms with E-state index < -0.39 is 17.7 Å². The number of aryl methyl sites for hydroxylation is 2. The van der Waals surface area contributed by atoms with Gasteiger partial charge in [0.15, 0.2) is 11.9 Å². The summed E-state index contributed by atoms with van der Waals surface area (Å²) in [6.07, 6.45) is 2.49. The number of pyridine rings is 1. The van der Waals surface area contributed by atoms with Crippen LogP contribution in [0.4, 0.5) is 10.1 Å². The van der Waals surface area contributed by atoms with Gasteiger partial charge < -0.3 is 19.1 Å². The first-order valence-corrected chi connectivity index (χ1v) is 16.9. The average Bonchev–Trinajstić information content (AvgIpc) is 2.98. The Kier molecular flexibility index (Phi) is 10.2. The van der Waals surface area contributed by atoms with Crippen molar-refractivity contribution in [1.29, 1.82) is 0 Å². The molecule has 0 bridgehead atoms. The van der Waals surface area contributed by atoms with Crippen molar-refractivity contribution in [1.82, 2.24) is 4.98 Å². The lowest BCUT2D eigenvalue weighted by Gasteiger charge is -2.41. The van der Waals surface area contributed by atoms with E-state index >= 15 is 0 Å². The first-order valence-electron chi connectivity index (χ1n) is 16.9. The van der Waals surface area contributed by atoms with Crippen molar-refractivity contribution in [3.63, 3.8) is 0 Å². The van der Waals surface area contributed by atoms with Crippen LogP contribution in [0.1, 0.15) is 101 Å². The number of carbonyl (C=O) groups excluding carboxylic acids is 2. The lowest BCUT2D eigenvalue weighted by Crippen LogP contribution is -2.39. The summed E-state index contributed by atoms with van der Waals surface area (Å²) in [4.78, 5) is 34.0. The van der Waals surface area contributed by atoms with Crippen LogP contribution in [-0.2, 0) is 36.8 Å². The summed E-state index contributed by atoms with van der Waals surface area (Å²) in [5.74, 6) is -0.326. The van der Waals surface area contributed by atoms with Gasteiger partial charge in [-0.1, -0.05) is 38.1 Å². The van der Waals surface area contributed by atoms with Crippen LogP contribution in [0.2, 0.25) is 0 Å². The monoisotopic (exact) mass is 656 g/mol. The number of benzene rings is 2. The van der Waals surface area contributed by atoms with Gasteiger partial charge in [-0.15, -0.1) is 0 Å². The maximum absolute atomic E-state index is 13.9. The zero-order chi connectivity index (χ0) is 35.0. The molecule has 0 radical (unpaired) electrons. The van der Waals surface area contributed by atoms with Crippen LogP contribution in [-0.4, -0.2) is 41.5 Å². The van der Waals surface area contributed by atoms with Gasteiger partial charge in [0.2, 0.25) is 0 Å². The molecule has 3 aromatic rings. The van der Waals surface area contributed by atoms with E-state index in [0.717, 1.165) is 70.8 Å². The normalized spacial score (nSPS) is 16.8. The predicted octanol–water partition coefficient (Wildman–Crippen LogP) is 8.62. The highest BCUT2D eigenvalue weighted by atomic mass is 19.1. The molecule has 0 saturated carbocycles. The van der Waals surface area contributed by atoms with Gasteiger partial charge in [-0.2, -0.15) is 0 Å². The molecule has 7 nitrogen and oxygen atoms in total. The number of aromatic nitrogens is 1. The maximum atomic E-state index is 13.9. The number of anilines is 1. The number of nitrogens with zero attached hydrogens (tertiary/aromatic N) is 2. The lowest BCUT2D eigenvalue weighted by atomic mass is 9.81. The summed E-state index contributed by atoms with van der Waals surface area (Å²) < 4.78 is 32.1. The van der Waals surface area contributed by atoms with Crippen molar-refractivity contribution in [2.24, 2.45) is 5.41 Å². The van der Waals surface area contributed by atoms with E-state index in [1.807, 2.05) is 60.6 Å². The molecule has 256 valence electrons. The number of rotatable bonds is 9. The fourth-order valence-electron chi connectivity index (χ4n) is 6.48. The van der Waals surface area contributed by atoms with Gasteiger partial charge in [0, 0.05) is 53.7 Å². The molecule has 1 atom stereocenters. The molecule has 48 heavy (non-hydrogen) atoms. The molecule has 1 aliphatic heterocycles. The van der Waals surface area contributed by atoms with E-state index in [1.54, 1.807) is 18.2 Å². The highest BCUT2D eigenvalue weighted by Crippen LogP contribution is 2.46. The van der Waals surface area contributed by atoms with E-state index in [4.69, 9.17) is 19.2 Å². The Balaban J connectivity index is 1.67. The van der Waals surface area contributed by atoms with E-state index in [1.165, 1.54) is 12.1 Å². The maximum Gasteiger partial charge on any atom is 0.340 e. The van der Waals surface area contributed by atoms with Crippen LogP contribution in [0.15, 0.2) is 48.5 Å². The Hall–Kier alpha value is -4.04. The largest absolute Gasteiger partial charge is 0.488 e. The van der Waals surface area contributed by atoms with Gasteiger partial charge in [-0.25, -0.2) is 9.18 Å². The zero-order valence-electron chi connectivity index (χ0n) is 29.8. The zero-order valence-corrected chi connectivity index (χ0v) is 29.8. The standard InChI is InChI=1S/C40H49FN2O5/c1-24(2)47-38(45)37(48-39(5,6)7)35-26(4)42-25(3)34(36(35)43-18-16-40(8,9)17-19-43)29-13-12-28-20-31(44)22-33(32(28)21-29)46-23-27-10-14-30(41)15-11-27/h10-15,21-22,24,37H,16-20,23H2,1-9H3/t37-/m0/s1. The second kappa shape index (κ2) is 13.8. The molecule has 1 fully saturated rings. The molecule has 8 heteroatoms. The lowest BCUT2D eigenvalue weighted by molar-refractivity contribution is -0.171. The number of allylic oxidation sites excluding steroid dienone is 1. The molecule has 5 rings (SSSR count). The Morgan fingerprint density at radius 3 is 2.31 bits per heavy atom. The number of carbonyl (C=O) groups is 2. The topological polar surface area (TPSA) is 78.0 Å². The first kappa shape index (κ1) is 35.3. The van der Waals surface area contributed by atoms with Crippen molar-refractivity contribution in [2.75, 3.05) is 18.0 Å². The molecular weight excluding hydrogens is 607 g/mol. The van der Waals surface area contributed by atoms with Crippen LogP contribution in [0.3, 0.4) is 0 Å². The molecule has 2 aromatic carbocycles. The number of halogens is 1. The van der Waals surface area contributed by atoms with Gasteiger partial charge in [0.25, 0.3) is 0 Å². The number of piperidine rings is 1. The van der Waals surface area contributed by atoms with Gasteiger partial charge in [0.1, 0.15) is 18.2 Å². The van der Waals surface area contributed by atoms with Gasteiger partial charge in [-0.3, -0.25) is 9.78 Å². The molecular formula is C40H49FN2O5. The van der Waals surface area contributed by atoms with Crippen LogP contribution >= 0.6 is 0 Å². The number of ketones is 1. The minimum absolute atomic E-state index is 0.0396. The van der Waals surface area contributed by atoms with Crippen molar-refractivity contribution in [3.8, 4) is 11.1 Å². The highest BCUT2D eigenvalue weighted by molar-refractivity contribution is 6.01. The Morgan fingerprint density at radius 2 is 1.69 bits per heavy atom. The van der Waals surface area contributed by atoms with Crippen molar-refractivity contribution in [2.45, 2.75) is 106 Å². The third kappa shape index (κ3) is 8.15. The molecule has 1 saturated heterocycles. The molecule has 2 aliphatic rings. The molecule has 0 amide bonds. The number of fused-ring (bicyclic) bond motifs is 1. The summed E-state index contributed by atoms with van der Waals surface area (Å²) in [6, 6.07) is 12.2. The predicted molar refractivity (Wildman–Crippen MR) is 187 cm³/mol. The molecule has 0 spiro atoms. The molecule has 1 aliphatic carbocycles. The van der Waals surface area contributed by atoms with E-state index in [-0.39, 0.29) is 36.1 Å². The number of esters is 1. The summed E-state index contributed by atoms with van der Waals surface area (Å²) in [6.45, 7) is 19.8. The number of hydrogen-bond acceptors (Lipinski definition) is 7. The number of hydrogen-bond donors (Lipinski definition) is 0. The van der Waals surface area contributed by atoms with Crippen molar-refractivity contribution < 1.29 is 28.2 Å². The molecule has 0 N–H and O–H groups in total. The van der Waals surface area contributed by atoms with Crippen LogP contribution in [0, 0.1) is 25.1 Å². The fourth-order valence-corrected chi connectivity index (χ4v) is 6.48. The third-order valence-electron chi connectivity index (χ3n) is 8.94. The molecule has 2 heterocycles. The first-order chi connectivity index (χ1) is 22.5. The van der Waals surface area contributed by atoms with E-state index in [9.17, 15) is 14.0 Å². The molecule has 1 aromatic heterocycles. The smallest absolute Gasteiger partial charge is 0.340 e. The van der Waals surface area contributed by atoms with Gasteiger partial charge in [0.05, 0.1) is 17.4 Å². The minimum Gasteiger partial charge on any atom is -0.488 e. The van der Waals surface area contributed by atoms with Crippen LogP contribution in [0.5, 0.6) is 0 Å². The minimum atomic E-state index is -0.992. The summed E-state index contributed by atoms with van der Waals surface area (Å²) in [7, 11) is 0. The Morgan fingerprint density at radius 1 is 1.02 bits per heavy atom.